The van der Waals surface area contributed by atoms with Gasteiger partial charge in [0.15, 0.2) is 0 Å². The molecule has 0 unspecified atom stereocenters. The molecule has 1 aliphatic heterocycles. The molecular formula is C26H21ClF3N3O3. The Kier molecular flexibility index (Phi) is 7.30. The summed E-state index contributed by atoms with van der Waals surface area (Å²) in [6.07, 6.45) is -4.11. The lowest BCUT2D eigenvalue weighted by Gasteiger charge is -2.22. The van der Waals surface area contributed by atoms with Crippen molar-refractivity contribution in [1.29, 1.82) is 0 Å². The third-order valence-electron chi connectivity index (χ3n) is 5.73. The molecule has 0 fully saturated rings. The number of carbonyl (C=O) groups excluding carboxylic acids is 2. The maximum absolute atomic E-state index is 13.1. The number of ether oxygens (including phenoxy) is 1. The minimum absolute atomic E-state index is 0.00387. The molecule has 0 aromatic heterocycles. The topological polar surface area (TPSA) is 71.0 Å². The Bertz CT molecular complexity index is 1290. The highest BCUT2D eigenvalue weighted by molar-refractivity contribution is 6.34. The summed E-state index contributed by atoms with van der Waals surface area (Å²) in [6.45, 7) is -0.397. The first-order valence-electron chi connectivity index (χ1n) is 10.9. The molecule has 4 rings (SSSR count). The second-order valence-electron chi connectivity index (χ2n) is 8.02. The van der Waals surface area contributed by atoms with Crippen molar-refractivity contribution >= 4 is 29.1 Å². The van der Waals surface area contributed by atoms with E-state index >= 15 is 0 Å². The zero-order valence-corrected chi connectivity index (χ0v) is 19.8. The molecule has 1 N–H and O–H groups in total. The molecule has 186 valence electrons. The molecule has 6 nitrogen and oxygen atoms in total. The summed E-state index contributed by atoms with van der Waals surface area (Å²) < 4.78 is 43.5. The van der Waals surface area contributed by atoms with E-state index in [0.717, 1.165) is 29.8 Å². The van der Waals surface area contributed by atoms with Crippen molar-refractivity contribution in [3.8, 4) is 5.75 Å². The summed E-state index contributed by atoms with van der Waals surface area (Å²) in [7, 11) is 1.55. The van der Waals surface area contributed by atoms with Gasteiger partial charge in [-0.1, -0.05) is 41.9 Å². The molecule has 0 bridgehead atoms. The smallest absolute Gasteiger partial charge is 0.416 e. The van der Waals surface area contributed by atoms with E-state index in [1.807, 2.05) is 24.3 Å². The van der Waals surface area contributed by atoms with Gasteiger partial charge in [0.1, 0.15) is 5.75 Å². The summed E-state index contributed by atoms with van der Waals surface area (Å²) >= 11 is 6.35. The van der Waals surface area contributed by atoms with Crippen LogP contribution in [0.1, 0.15) is 39.5 Å². The summed E-state index contributed by atoms with van der Waals surface area (Å²) in [6, 6.07) is 17.7. The van der Waals surface area contributed by atoms with Crippen LogP contribution in [-0.4, -0.2) is 36.2 Å². The normalized spacial score (nSPS) is 15.4. The highest BCUT2D eigenvalue weighted by Crippen LogP contribution is 2.35. The van der Waals surface area contributed by atoms with Crippen molar-refractivity contribution in [2.75, 3.05) is 13.7 Å². The van der Waals surface area contributed by atoms with Gasteiger partial charge in [-0.15, -0.1) is 0 Å². The van der Waals surface area contributed by atoms with Gasteiger partial charge in [0.25, 0.3) is 11.8 Å². The predicted molar refractivity (Wildman–Crippen MR) is 129 cm³/mol. The van der Waals surface area contributed by atoms with E-state index in [2.05, 4.69) is 10.4 Å². The highest BCUT2D eigenvalue weighted by Gasteiger charge is 2.34. The number of rotatable bonds is 6. The monoisotopic (exact) mass is 515 g/mol. The van der Waals surface area contributed by atoms with Gasteiger partial charge in [0.05, 0.1) is 31.0 Å². The van der Waals surface area contributed by atoms with Crippen LogP contribution in [0.5, 0.6) is 5.75 Å². The van der Waals surface area contributed by atoms with E-state index in [1.54, 1.807) is 31.4 Å². The fraction of sp³-hybridized carbons (Fsp3) is 0.192. The lowest BCUT2D eigenvalue weighted by molar-refractivity contribution is -0.137. The Morgan fingerprint density at radius 3 is 2.33 bits per heavy atom. The minimum Gasteiger partial charge on any atom is -0.497 e. The first-order chi connectivity index (χ1) is 17.2. The molecule has 1 heterocycles. The van der Waals surface area contributed by atoms with Gasteiger partial charge >= 0.3 is 6.18 Å². The van der Waals surface area contributed by atoms with Gasteiger partial charge in [-0.3, -0.25) is 9.59 Å². The number of halogens is 4. The van der Waals surface area contributed by atoms with Crippen LogP contribution in [-0.2, 0) is 11.0 Å². The van der Waals surface area contributed by atoms with E-state index in [9.17, 15) is 22.8 Å². The molecule has 1 atom stereocenters. The molecule has 10 heteroatoms. The number of alkyl halides is 3. The molecular weight excluding hydrogens is 495 g/mol. The van der Waals surface area contributed by atoms with Crippen LogP contribution in [0.25, 0.3) is 0 Å². The van der Waals surface area contributed by atoms with Crippen LogP contribution >= 0.6 is 11.6 Å². The first-order valence-corrected chi connectivity index (χ1v) is 11.3. The highest BCUT2D eigenvalue weighted by atomic mass is 35.5. The molecule has 36 heavy (non-hydrogen) atoms. The minimum atomic E-state index is -4.51. The number of carbonyl (C=O) groups is 2. The fourth-order valence-electron chi connectivity index (χ4n) is 3.83. The average Bonchev–Trinajstić information content (AvgIpc) is 3.32. The van der Waals surface area contributed by atoms with Crippen molar-refractivity contribution in [3.63, 3.8) is 0 Å². The van der Waals surface area contributed by atoms with E-state index < -0.39 is 36.1 Å². The van der Waals surface area contributed by atoms with Crippen LogP contribution < -0.4 is 10.1 Å². The van der Waals surface area contributed by atoms with Gasteiger partial charge < -0.3 is 10.1 Å². The molecule has 3 aromatic carbocycles. The zero-order chi connectivity index (χ0) is 25.9. The van der Waals surface area contributed by atoms with Crippen molar-refractivity contribution in [2.45, 2.75) is 18.6 Å². The molecule has 0 spiro atoms. The summed E-state index contributed by atoms with van der Waals surface area (Å²) in [5.74, 6) is -0.503. The third kappa shape index (κ3) is 5.52. The number of hydrogen-bond acceptors (Lipinski definition) is 4. The van der Waals surface area contributed by atoms with E-state index in [4.69, 9.17) is 16.3 Å². The second-order valence-corrected chi connectivity index (χ2v) is 8.42. The number of nitrogens with zero attached hydrogens (tertiary/aromatic N) is 2. The summed E-state index contributed by atoms with van der Waals surface area (Å²) in [5.41, 5.74) is 1.26. The van der Waals surface area contributed by atoms with Crippen LogP contribution in [0, 0.1) is 0 Å². The first kappa shape index (κ1) is 25.2. The SMILES string of the molecule is COc1ccc([C@@H]2CC(c3ccccc3Cl)=NN2C(=O)CNC(=O)c2ccc(C(F)(F)F)cc2)cc1. The summed E-state index contributed by atoms with van der Waals surface area (Å²) in [5, 5.41) is 8.77. The maximum Gasteiger partial charge on any atom is 0.416 e. The van der Waals surface area contributed by atoms with Crippen molar-refractivity contribution in [2.24, 2.45) is 5.10 Å². The summed E-state index contributed by atoms with van der Waals surface area (Å²) in [4.78, 5) is 25.6. The van der Waals surface area contributed by atoms with Gasteiger partial charge in [0.2, 0.25) is 0 Å². The molecule has 0 radical (unpaired) electrons. The average molecular weight is 516 g/mol. The van der Waals surface area contributed by atoms with Crippen LogP contribution in [0.3, 0.4) is 0 Å². The lowest BCUT2D eigenvalue weighted by Crippen LogP contribution is -2.38. The maximum atomic E-state index is 13.1. The Hall–Kier alpha value is -3.85. The van der Waals surface area contributed by atoms with Crippen molar-refractivity contribution < 1.29 is 27.5 Å². The van der Waals surface area contributed by atoms with E-state index in [1.165, 1.54) is 5.01 Å². The quantitative estimate of drug-likeness (QED) is 0.473. The third-order valence-corrected chi connectivity index (χ3v) is 6.06. The largest absolute Gasteiger partial charge is 0.497 e. The van der Waals surface area contributed by atoms with Gasteiger partial charge in [0, 0.05) is 22.6 Å². The van der Waals surface area contributed by atoms with Crippen molar-refractivity contribution in [1.82, 2.24) is 10.3 Å². The number of hydrazone groups is 1. The predicted octanol–water partition coefficient (Wildman–Crippen LogP) is 5.48. The molecule has 3 aromatic rings. The number of methoxy groups -OCH3 is 1. The Morgan fingerprint density at radius 1 is 1.06 bits per heavy atom. The fourth-order valence-corrected chi connectivity index (χ4v) is 4.08. The Labute approximate surface area is 210 Å². The lowest BCUT2D eigenvalue weighted by atomic mass is 9.98. The molecule has 1 aliphatic rings. The Morgan fingerprint density at radius 2 is 1.72 bits per heavy atom. The molecule has 0 saturated carbocycles. The standard InChI is InChI=1S/C26H21ClF3N3O3/c1-36-19-12-8-16(9-13-19)23-14-22(20-4-2-3-5-21(20)27)32-33(23)24(34)15-31-25(35)17-6-10-18(11-7-17)26(28,29)30/h2-13,23H,14-15H2,1H3,(H,31,35)/t23-/m0/s1. The van der Waals surface area contributed by atoms with Crippen molar-refractivity contribution in [3.05, 3.63) is 100 Å². The molecule has 2 amide bonds. The number of amides is 2. The number of benzene rings is 3. The van der Waals surface area contributed by atoms with Crippen LogP contribution in [0.2, 0.25) is 5.02 Å². The number of nitrogens with one attached hydrogen (secondary N) is 1. The molecule has 0 saturated heterocycles. The molecule has 0 aliphatic carbocycles. The van der Waals surface area contributed by atoms with Crippen LogP contribution in [0.15, 0.2) is 77.9 Å². The zero-order valence-electron chi connectivity index (χ0n) is 19.1. The van der Waals surface area contributed by atoms with Crippen LogP contribution in [0.4, 0.5) is 13.2 Å². The van der Waals surface area contributed by atoms with E-state index in [-0.39, 0.29) is 5.56 Å². The van der Waals surface area contributed by atoms with E-state index in [0.29, 0.717) is 28.5 Å². The van der Waals surface area contributed by atoms with Gasteiger partial charge in [-0.25, -0.2) is 5.01 Å². The van der Waals surface area contributed by atoms with Gasteiger partial charge in [-0.05, 0) is 48.0 Å². The number of hydrogen-bond donors (Lipinski definition) is 1. The van der Waals surface area contributed by atoms with Gasteiger partial charge in [-0.2, -0.15) is 18.3 Å². The second kappa shape index (κ2) is 10.4. The Balaban J connectivity index is 1.53.